The maximum absolute atomic E-state index is 10.4. The Morgan fingerprint density at radius 2 is 1.41 bits per heavy atom. The topological polar surface area (TPSA) is 66.4 Å². The quantitative estimate of drug-likeness (QED) is 0.460. The molecule has 3 aromatic rings. The molecule has 5 nitrogen and oxygen atoms in total. The first-order valence-corrected chi connectivity index (χ1v) is 10.6. The standard InChI is InChI=1S/C16H20NO.C7H8O3S/c1-17(2,15-7-5-4-6-8-15)13-14-9-11-16(18-3)12-10-14;1-6-2-4-7(5-3-6)11(8,9)10/h4-12H,13H2,1-3H3;2-5H,1H3,(H,8,9,10)/q+1;/p-1. The van der Waals surface area contributed by atoms with Crippen molar-refractivity contribution in [3.8, 4) is 5.75 Å². The van der Waals surface area contributed by atoms with Gasteiger partial charge < -0.3 is 9.29 Å². The van der Waals surface area contributed by atoms with E-state index in [1.54, 1.807) is 19.2 Å². The molecule has 3 aromatic carbocycles. The molecule has 3 rings (SSSR count). The van der Waals surface area contributed by atoms with Crippen molar-refractivity contribution in [3.05, 3.63) is 90.0 Å². The van der Waals surface area contributed by atoms with E-state index in [9.17, 15) is 13.0 Å². The lowest BCUT2D eigenvalue weighted by Gasteiger charge is -2.29. The highest BCUT2D eigenvalue weighted by Crippen LogP contribution is 2.22. The zero-order chi connectivity index (χ0) is 21.5. The van der Waals surface area contributed by atoms with E-state index in [4.69, 9.17) is 4.74 Å². The van der Waals surface area contributed by atoms with Gasteiger partial charge >= 0.3 is 0 Å². The minimum absolute atomic E-state index is 0.178. The van der Waals surface area contributed by atoms with Gasteiger partial charge in [-0.15, -0.1) is 0 Å². The number of quaternary nitrogens is 1. The molecular formula is C23H27NO4S. The molecule has 0 saturated heterocycles. The van der Waals surface area contributed by atoms with Crippen LogP contribution in [0.1, 0.15) is 11.1 Å². The highest BCUT2D eigenvalue weighted by atomic mass is 32.2. The molecule has 0 amide bonds. The lowest BCUT2D eigenvalue weighted by atomic mass is 10.1. The first kappa shape index (κ1) is 22.6. The van der Waals surface area contributed by atoms with E-state index in [1.807, 2.05) is 19.1 Å². The van der Waals surface area contributed by atoms with Crippen LogP contribution in [0.2, 0.25) is 0 Å². The average molecular weight is 414 g/mol. The fraction of sp³-hybridized carbons (Fsp3) is 0.217. The Balaban J connectivity index is 0.000000234. The average Bonchev–Trinajstić information content (AvgIpc) is 2.69. The Morgan fingerprint density at radius 3 is 1.90 bits per heavy atom. The van der Waals surface area contributed by atoms with Crippen molar-refractivity contribution in [1.29, 1.82) is 0 Å². The van der Waals surface area contributed by atoms with E-state index in [0.29, 0.717) is 0 Å². The summed E-state index contributed by atoms with van der Waals surface area (Å²) in [6.45, 7) is 2.79. The van der Waals surface area contributed by atoms with Gasteiger partial charge in [0.15, 0.2) is 0 Å². The summed E-state index contributed by atoms with van der Waals surface area (Å²) in [4.78, 5) is -0.178. The Labute approximate surface area is 173 Å². The van der Waals surface area contributed by atoms with Crippen LogP contribution in [0, 0.1) is 6.92 Å². The van der Waals surface area contributed by atoms with Gasteiger partial charge in [0.25, 0.3) is 0 Å². The number of aryl methyl sites for hydroxylation is 1. The number of nitrogens with zero attached hydrogens (tertiary/aromatic N) is 1. The monoisotopic (exact) mass is 413 g/mol. The minimum atomic E-state index is -4.27. The smallest absolute Gasteiger partial charge is 0.132 e. The second-order valence-corrected chi connectivity index (χ2v) is 8.67. The molecule has 0 bridgehead atoms. The fourth-order valence-corrected chi connectivity index (χ4v) is 3.28. The summed E-state index contributed by atoms with van der Waals surface area (Å²) in [5.74, 6) is 0.906. The molecular weight excluding hydrogens is 386 g/mol. The summed E-state index contributed by atoms with van der Waals surface area (Å²) in [6.07, 6.45) is 0. The van der Waals surface area contributed by atoms with Crippen LogP contribution in [0.25, 0.3) is 0 Å². The van der Waals surface area contributed by atoms with Crippen molar-refractivity contribution in [1.82, 2.24) is 4.48 Å². The Bertz CT molecular complexity index is 997. The van der Waals surface area contributed by atoms with Crippen LogP contribution >= 0.6 is 0 Å². The van der Waals surface area contributed by atoms with E-state index in [0.717, 1.165) is 22.3 Å². The summed E-state index contributed by atoms with van der Waals surface area (Å²) in [6, 6.07) is 24.6. The van der Waals surface area contributed by atoms with Crippen LogP contribution in [-0.4, -0.2) is 34.2 Å². The molecule has 0 radical (unpaired) electrons. The molecule has 0 fully saturated rings. The molecule has 29 heavy (non-hydrogen) atoms. The van der Waals surface area contributed by atoms with E-state index in [2.05, 4.69) is 56.6 Å². The number of hydrogen-bond donors (Lipinski definition) is 0. The third kappa shape index (κ3) is 7.02. The van der Waals surface area contributed by atoms with E-state index in [-0.39, 0.29) is 4.90 Å². The van der Waals surface area contributed by atoms with Gasteiger partial charge in [-0.25, -0.2) is 8.42 Å². The van der Waals surface area contributed by atoms with Gasteiger partial charge in [0.1, 0.15) is 28.1 Å². The molecule has 6 heteroatoms. The normalized spacial score (nSPS) is 11.3. The Morgan fingerprint density at radius 1 is 0.862 bits per heavy atom. The lowest BCUT2D eigenvalue weighted by Crippen LogP contribution is -2.39. The first-order valence-electron chi connectivity index (χ1n) is 9.16. The van der Waals surface area contributed by atoms with Crippen molar-refractivity contribution < 1.29 is 17.7 Å². The molecule has 154 valence electrons. The molecule has 0 saturated carbocycles. The summed E-state index contributed by atoms with van der Waals surface area (Å²) in [5, 5.41) is 0. The predicted molar refractivity (Wildman–Crippen MR) is 116 cm³/mol. The molecule has 0 aliphatic carbocycles. The molecule has 0 heterocycles. The van der Waals surface area contributed by atoms with Crippen LogP contribution in [0.4, 0.5) is 5.69 Å². The molecule has 0 aliphatic rings. The number of benzene rings is 3. The third-order valence-corrected chi connectivity index (χ3v) is 5.35. The van der Waals surface area contributed by atoms with Gasteiger partial charge in [-0.05, 0) is 55.5 Å². The highest BCUT2D eigenvalue weighted by Gasteiger charge is 2.18. The summed E-state index contributed by atoms with van der Waals surface area (Å²) in [5.41, 5.74) is 3.55. The van der Waals surface area contributed by atoms with Gasteiger partial charge in [-0.2, -0.15) is 0 Å². The van der Waals surface area contributed by atoms with Crippen molar-refractivity contribution in [2.45, 2.75) is 18.4 Å². The Hall–Kier alpha value is -2.67. The van der Waals surface area contributed by atoms with Crippen molar-refractivity contribution in [2.75, 3.05) is 21.2 Å². The highest BCUT2D eigenvalue weighted by molar-refractivity contribution is 7.85. The molecule has 0 atom stereocenters. The summed E-state index contributed by atoms with van der Waals surface area (Å²) in [7, 11) is 1.87. The minimum Gasteiger partial charge on any atom is -0.744 e. The van der Waals surface area contributed by atoms with Gasteiger partial charge in [-0.3, -0.25) is 4.48 Å². The third-order valence-electron chi connectivity index (χ3n) is 4.50. The molecule has 0 aromatic heterocycles. The van der Waals surface area contributed by atoms with E-state index in [1.165, 1.54) is 23.4 Å². The number of ether oxygens (including phenoxy) is 1. The van der Waals surface area contributed by atoms with Crippen molar-refractivity contribution >= 4 is 15.8 Å². The largest absolute Gasteiger partial charge is 0.744 e. The van der Waals surface area contributed by atoms with Gasteiger partial charge in [-0.1, -0.05) is 35.9 Å². The van der Waals surface area contributed by atoms with Gasteiger partial charge in [0.05, 0.1) is 26.1 Å². The van der Waals surface area contributed by atoms with E-state index >= 15 is 0 Å². The van der Waals surface area contributed by atoms with Gasteiger partial charge in [0, 0.05) is 5.56 Å². The molecule has 0 N–H and O–H groups in total. The predicted octanol–water partition coefficient (Wildman–Crippen LogP) is 4.36. The number of para-hydroxylation sites is 1. The van der Waals surface area contributed by atoms with Gasteiger partial charge in [0.2, 0.25) is 0 Å². The summed E-state index contributed by atoms with van der Waals surface area (Å²) < 4.78 is 37.2. The van der Waals surface area contributed by atoms with Crippen LogP contribution in [-0.2, 0) is 16.7 Å². The number of methoxy groups -OCH3 is 1. The molecule has 0 unspecified atom stereocenters. The lowest BCUT2D eigenvalue weighted by molar-refractivity contribution is 0.390. The van der Waals surface area contributed by atoms with Crippen molar-refractivity contribution in [3.63, 3.8) is 0 Å². The zero-order valence-corrected chi connectivity index (χ0v) is 18.0. The van der Waals surface area contributed by atoms with Crippen molar-refractivity contribution in [2.24, 2.45) is 0 Å². The maximum Gasteiger partial charge on any atom is 0.132 e. The second kappa shape index (κ2) is 9.69. The number of hydrogen-bond acceptors (Lipinski definition) is 4. The van der Waals surface area contributed by atoms with Crippen LogP contribution in [0.3, 0.4) is 0 Å². The van der Waals surface area contributed by atoms with E-state index < -0.39 is 10.1 Å². The van der Waals surface area contributed by atoms with Crippen LogP contribution in [0.5, 0.6) is 5.75 Å². The summed E-state index contributed by atoms with van der Waals surface area (Å²) >= 11 is 0. The first-order chi connectivity index (χ1) is 13.6. The second-order valence-electron chi connectivity index (χ2n) is 7.29. The molecule has 0 spiro atoms. The SMILES string of the molecule is COc1ccc(C[N+](C)(C)c2ccccc2)cc1.Cc1ccc(S(=O)(=O)[O-])cc1. The molecule has 0 aliphatic heterocycles. The Kier molecular flexibility index (Phi) is 7.56. The maximum atomic E-state index is 10.4. The fourth-order valence-electron chi connectivity index (χ4n) is 2.82. The van der Waals surface area contributed by atoms with Crippen LogP contribution in [0.15, 0.2) is 83.8 Å². The zero-order valence-electron chi connectivity index (χ0n) is 17.2. The van der Waals surface area contributed by atoms with Crippen LogP contribution < -0.4 is 9.22 Å². The number of rotatable bonds is 5.